The Hall–Kier alpha value is -2.75. The molecular weight excluding hydrogens is 267 g/mol. The summed E-state index contributed by atoms with van der Waals surface area (Å²) >= 11 is 0. The van der Waals surface area contributed by atoms with Crippen molar-refractivity contribution in [2.24, 2.45) is 5.10 Å². The van der Waals surface area contributed by atoms with Gasteiger partial charge in [0.05, 0.1) is 6.21 Å². The number of halogens is 1. The van der Waals surface area contributed by atoms with Gasteiger partial charge in [0.25, 0.3) is 5.91 Å². The zero-order valence-corrected chi connectivity index (χ0v) is 11.6. The molecule has 21 heavy (non-hydrogen) atoms. The van der Waals surface area contributed by atoms with Gasteiger partial charge in [-0.3, -0.25) is 4.79 Å². The number of hydrazone groups is 1. The molecule has 2 aromatic carbocycles. The van der Waals surface area contributed by atoms with Crippen LogP contribution in [0, 0.1) is 12.7 Å². The van der Waals surface area contributed by atoms with Gasteiger partial charge in [-0.05, 0) is 36.3 Å². The number of aryl methyl sites for hydroxylation is 1. The van der Waals surface area contributed by atoms with Crippen molar-refractivity contribution in [3.63, 3.8) is 0 Å². The summed E-state index contributed by atoms with van der Waals surface area (Å²) in [5.74, 6) is -0.633. The Morgan fingerprint density at radius 3 is 2.33 bits per heavy atom. The first-order chi connectivity index (χ1) is 10.1. The Labute approximate surface area is 122 Å². The summed E-state index contributed by atoms with van der Waals surface area (Å²) in [6, 6.07) is 13.6. The van der Waals surface area contributed by atoms with E-state index < -0.39 is 0 Å². The summed E-state index contributed by atoms with van der Waals surface area (Å²) in [6.07, 6.45) is 4.58. The molecule has 0 fully saturated rings. The first-order valence-corrected chi connectivity index (χ1v) is 6.47. The zero-order chi connectivity index (χ0) is 15.1. The fraction of sp³-hybridized carbons (Fsp3) is 0.0588. The van der Waals surface area contributed by atoms with Crippen molar-refractivity contribution in [3.05, 3.63) is 77.1 Å². The molecule has 1 N–H and O–H groups in total. The van der Waals surface area contributed by atoms with Crippen molar-refractivity contribution in [1.82, 2.24) is 5.43 Å². The lowest BCUT2D eigenvalue weighted by molar-refractivity contribution is -0.116. The van der Waals surface area contributed by atoms with Gasteiger partial charge in [-0.1, -0.05) is 42.0 Å². The molecule has 1 amide bonds. The molecule has 2 rings (SSSR count). The number of nitrogens with one attached hydrogen (secondary N) is 1. The molecule has 0 aromatic heterocycles. The van der Waals surface area contributed by atoms with E-state index >= 15 is 0 Å². The van der Waals surface area contributed by atoms with Crippen LogP contribution in [0.4, 0.5) is 4.39 Å². The van der Waals surface area contributed by atoms with E-state index in [1.807, 2.05) is 31.2 Å². The van der Waals surface area contributed by atoms with Gasteiger partial charge in [0.15, 0.2) is 0 Å². The van der Waals surface area contributed by atoms with Crippen molar-refractivity contribution in [3.8, 4) is 0 Å². The number of nitrogens with zero attached hydrogens (tertiary/aromatic N) is 1. The third-order valence-electron chi connectivity index (χ3n) is 2.76. The second kappa shape index (κ2) is 7.14. The number of hydrogen-bond donors (Lipinski definition) is 1. The van der Waals surface area contributed by atoms with Crippen LogP contribution in [0.3, 0.4) is 0 Å². The third kappa shape index (κ3) is 5.03. The summed E-state index contributed by atoms with van der Waals surface area (Å²) in [6.45, 7) is 2.00. The molecular formula is C17H15FN2O. The average Bonchev–Trinajstić information content (AvgIpc) is 2.49. The van der Waals surface area contributed by atoms with Gasteiger partial charge in [-0.25, -0.2) is 9.82 Å². The smallest absolute Gasteiger partial charge is 0.264 e. The van der Waals surface area contributed by atoms with Crippen LogP contribution in [0.25, 0.3) is 6.08 Å². The summed E-state index contributed by atoms with van der Waals surface area (Å²) in [5, 5.41) is 3.80. The summed E-state index contributed by atoms with van der Waals surface area (Å²) in [7, 11) is 0. The predicted octanol–water partition coefficient (Wildman–Crippen LogP) is 3.30. The number of carbonyl (C=O) groups is 1. The minimum atomic E-state index is -0.325. The normalized spacial score (nSPS) is 11.1. The van der Waals surface area contributed by atoms with Gasteiger partial charge < -0.3 is 0 Å². The van der Waals surface area contributed by atoms with Crippen molar-refractivity contribution in [1.29, 1.82) is 0 Å². The lowest BCUT2D eigenvalue weighted by Gasteiger charge is -1.96. The fourth-order valence-corrected chi connectivity index (χ4v) is 1.61. The molecule has 0 unspecified atom stereocenters. The van der Waals surface area contributed by atoms with Gasteiger partial charge in [0.1, 0.15) is 5.82 Å². The maximum atomic E-state index is 12.7. The first-order valence-electron chi connectivity index (χ1n) is 6.47. The van der Waals surface area contributed by atoms with E-state index in [1.165, 1.54) is 30.0 Å². The molecule has 0 saturated carbocycles. The van der Waals surface area contributed by atoms with E-state index in [4.69, 9.17) is 0 Å². The molecule has 0 aliphatic heterocycles. The zero-order valence-electron chi connectivity index (χ0n) is 11.6. The molecule has 0 bridgehead atoms. The van der Waals surface area contributed by atoms with Gasteiger partial charge in [-0.15, -0.1) is 0 Å². The number of hydrogen-bond acceptors (Lipinski definition) is 2. The van der Waals surface area contributed by atoms with E-state index in [0.717, 1.165) is 5.56 Å². The second-order valence-corrected chi connectivity index (χ2v) is 4.53. The van der Waals surface area contributed by atoms with Crippen molar-refractivity contribution < 1.29 is 9.18 Å². The lowest BCUT2D eigenvalue weighted by atomic mass is 10.1. The van der Waals surface area contributed by atoms with Crippen LogP contribution >= 0.6 is 0 Å². The maximum Gasteiger partial charge on any atom is 0.264 e. The molecule has 0 radical (unpaired) electrons. The largest absolute Gasteiger partial charge is 0.268 e. The molecule has 0 atom stereocenters. The number of carbonyl (C=O) groups excluding carboxylic acids is 1. The minimum absolute atomic E-state index is 0.308. The van der Waals surface area contributed by atoms with Crippen LogP contribution in [0.5, 0.6) is 0 Å². The van der Waals surface area contributed by atoms with Crippen LogP contribution in [0.2, 0.25) is 0 Å². The monoisotopic (exact) mass is 282 g/mol. The Morgan fingerprint density at radius 1 is 1.05 bits per heavy atom. The standard InChI is InChI=1S/C17H15FN2O/c1-13-2-4-14(5-3-13)8-11-17(21)20-19-12-15-6-9-16(18)10-7-15/h2-12H,1H3,(H,20,21)/b11-8+,19-12-. The van der Waals surface area contributed by atoms with Crippen molar-refractivity contribution in [2.75, 3.05) is 0 Å². The maximum absolute atomic E-state index is 12.7. The molecule has 3 nitrogen and oxygen atoms in total. The van der Waals surface area contributed by atoms with E-state index in [1.54, 1.807) is 18.2 Å². The van der Waals surface area contributed by atoms with E-state index in [0.29, 0.717) is 5.56 Å². The Bertz CT molecular complexity index is 658. The van der Waals surface area contributed by atoms with Crippen LogP contribution in [-0.2, 0) is 4.79 Å². The highest BCUT2D eigenvalue weighted by molar-refractivity contribution is 5.92. The highest BCUT2D eigenvalue weighted by Crippen LogP contribution is 2.04. The Kier molecular flexibility index (Phi) is 4.99. The predicted molar refractivity (Wildman–Crippen MR) is 82.3 cm³/mol. The Morgan fingerprint density at radius 2 is 1.67 bits per heavy atom. The van der Waals surface area contributed by atoms with Crippen LogP contribution in [-0.4, -0.2) is 12.1 Å². The number of rotatable bonds is 4. The van der Waals surface area contributed by atoms with E-state index in [2.05, 4.69) is 10.5 Å². The topological polar surface area (TPSA) is 41.5 Å². The molecule has 0 heterocycles. The third-order valence-corrected chi connectivity index (χ3v) is 2.76. The summed E-state index contributed by atoms with van der Waals surface area (Å²) in [5.41, 5.74) is 5.19. The summed E-state index contributed by atoms with van der Waals surface area (Å²) in [4.78, 5) is 11.6. The van der Waals surface area contributed by atoms with Gasteiger partial charge >= 0.3 is 0 Å². The quantitative estimate of drug-likeness (QED) is 0.522. The van der Waals surface area contributed by atoms with Crippen LogP contribution in [0.15, 0.2) is 59.7 Å². The summed E-state index contributed by atoms with van der Waals surface area (Å²) < 4.78 is 12.7. The van der Waals surface area contributed by atoms with Gasteiger partial charge in [0, 0.05) is 6.08 Å². The van der Waals surface area contributed by atoms with Crippen molar-refractivity contribution in [2.45, 2.75) is 6.92 Å². The minimum Gasteiger partial charge on any atom is -0.268 e. The van der Waals surface area contributed by atoms with Crippen LogP contribution < -0.4 is 5.43 Å². The van der Waals surface area contributed by atoms with Crippen molar-refractivity contribution >= 4 is 18.2 Å². The number of amides is 1. The highest BCUT2D eigenvalue weighted by Gasteiger charge is 1.93. The molecule has 106 valence electrons. The molecule has 0 aliphatic carbocycles. The second-order valence-electron chi connectivity index (χ2n) is 4.53. The van der Waals surface area contributed by atoms with Crippen LogP contribution in [0.1, 0.15) is 16.7 Å². The van der Waals surface area contributed by atoms with Gasteiger partial charge in [0.2, 0.25) is 0 Å². The molecule has 0 saturated heterocycles. The Balaban J connectivity index is 1.87. The van der Waals surface area contributed by atoms with E-state index in [9.17, 15) is 9.18 Å². The lowest BCUT2D eigenvalue weighted by Crippen LogP contribution is -2.14. The first kappa shape index (κ1) is 14.7. The average molecular weight is 282 g/mol. The fourth-order valence-electron chi connectivity index (χ4n) is 1.61. The highest BCUT2D eigenvalue weighted by atomic mass is 19.1. The molecule has 0 aliphatic rings. The SMILES string of the molecule is Cc1ccc(/C=C/C(=O)N/N=C\c2ccc(F)cc2)cc1. The van der Waals surface area contributed by atoms with Gasteiger partial charge in [-0.2, -0.15) is 5.10 Å². The molecule has 4 heteroatoms. The molecule has 0 spiro atoms. The molecule has 2 aromatic rings. The number of benzene rings is 2. The van der Waals surface area contributed by atoms with E-state index in [-0.39, 0.29) is 11.7 Å².